The summed E-state index contributed by atoms with van der Waals surface area (Å²) in [5.74, 6) is -0.353. The van der Waals surface area contributed by atoms with Crippen LogP contribution in [0.1, 0.15) is 21.0 Å². The van der Waals surface area contributed by atoms with Gasteiger partial charge in [-0.25, -0.2) is 4.79 Å². The lowest BCUT2D eigenvalue weighted by Gasteiger charge is -2.08. The number of aryl methyl sites for hydroxylation is 2. The van der Waals surface area contributed by atoms with Gasteiger partial charge in [0.25, 0.3) is 0 Å². The Morgan fingerprint density at radius 3 is 3.00 bits per heavy atom. The number of nitrogen functional groups attached to an aromatic ring is 1. The maximum atomic E-state index is 10.8. The van der Waals surface area contributed by atoms with E-state index in [-0.39, 0.29) is 5.76 Å². The quantitative estimate of drug-likeness (QED) is 0.795. The van der Waals surface area contributed by atoms with Gasteiger partial charge in [0.05, 0.1) is 5.00 Å². The molecule has 82 valence electrons. The molecule has 1 aliphatic carbocycles. The fourth-order valence-corrected chi connectivity index (χ4v) is 2.95. The highest BCUT2D eigenvalue weighted by molar-refractivity contribution is 7.16. The third-order valence-electron chi connectivity index (χ3n) is 2.71. The molecule has 0 spiro atoms. The molecule has 1 aliphatic rings. The lowest BCUT2D eigenvalue weighted by atomic mass is 9.98. The molecule has 3 N–H and O–H groups in total. The molecule has 0 saturated heterocycles. The van der Waals surface area contributed by atoms with E-state index in [0.717, 1.165) is 29.0 Å². The van der Waals surface area contributed by atoms with Gasteiger partial charge in [-0.1, -0.05) is 0 Å². The first-order valence-corrected chi connectivity index (χ1v) is 5.71. The molecule has 2 aromatic rings. The Morgan fingerprint density at radius 1 is 1.44 bits per heavy atom. The summed E-state index contributed by atoms with van der Waals surface area (Å²) in [5.41, 5.74) is 7.66. The molecule has 0 aromatic carbocycles. The third-order valence-corrected chi connectivity index (χ3v) is 3.74. The van der Waals surface area contributed by atoms with Crippen LogP contribution in [-0.4, -0.2) is 11.1 Å². The summed E-state index contributed by atoms with van der Waals surface area (Å²) >= 11 is 1.54. The van der Waals surface area contributed by atoms with Gasteiger partial charge in [0.1, 0.15) is 5.76 Å². The minimum absolute atomic E-state index is 0.00243. The first-order valence-electron chi connectivity index (χ1n) is 4.89. The Morgan fingerprint density at radius 2 is 2.25 bits per heavy atom. The van der Waals surface area contributed by atoms with Crippen LogP contribution in [0.15, 0.2) is 16.5 Å². The average Bonchev–Trinajstić information content (AvgIpc) is 2.77. The summed E-state index contributed by atoms with van der Waals surface area (Å²) in [5, 5.41) is 9.61. The van der Waals surface area contributed by atoms with Crippen molar-refractivity contribution in [1.29, 1.82) is 0 Å². The number of aromatic carboxylic acids is 1. The molecule has 5 heteroatoms. The highest BCUT2D eigenvalue weighted by atomic mass is 32.1. The fourth-order valence-electron chi connectivity index (χ4n) is 2.02. The number of hydrogen-bond acceptors (Lipinski definition) is 4. The standard InChI is InChI=1S/C11H9NO3S/c12-9-4-6-8(16-9)2-1-5-3-7(11(13)14)15-10(5)6/h3-4H,1-2,12H2,(H,13,14). The zero-order valence-corrected chi connectivity index (χ0v) is 9.13. The molecule has 0 bridgehead atoms. The van der Waals surface area contributed by atoms with E-state index in [9.17, 15) is 4.79 Å². The van der Waals surface area contributed by atoms with Gasteiger partial charge in [-0.05, 0) is 30.5 Å². The maximum Gasteiger partial charge on any atom is 0.371 e. The largest absolute Gasteiger partial charge is 0.475 e. The van der Waals surface area contributed by atoms with Gasteiger partial charge < -0.3 is 15.3 Å². The number of thiophene rings is 1. The lowest BCUT2D eigenvalue weighted by molar-refractivity contribution is 0.0663. The maximum absolute atomic E-state index is 10.8. The number of furan rings is 1. The van der Waals surface area contributed by atoms with Crippen LogP contribution in [0.2, 0.25) is 0 Å². The number of fused-ring (bicyclic) bond motifs is 3. The molecule has 2 aromatic heterocycles. The summed E-state index contributed by atoms with van der Waals surface area (Å²) in [7, 11) is 0. The van der Waals surface area contributed by atoms with Crippen LogP contribution in [0, 0.1) is 0 Å². The molecule has 0 amide bonds. The fraction of sp³-hybridized carbons (Fsp3) is 0.182. The monoisotopic (exact) mass is 235 g/mol. The second-order valence-corrected chi connectivity index (χ2v) is 4.92. The lowest BCUT2D eigenvalue weighted by Crippen LogP contribution is -1.97. The Labute approximate surface area is 95.3 Å². The molecular formula is C11H9NO3S. The minimum atomic E-state index is -1.03. The molecule has 0 aliphatic heterocycles. The number of nitrogens with two attached hydrogens (primary N) is 1. The second-order valence-electron chi connectivity index (χ2n) is 3.76. The molecule has 3 rings (SSSR count). The van der Waals surface area contributed by atoms with E-state index < -0.39 is 5.97 Å². The van der Waals surface area contributed by atoms with Crippen LogP contribution in [0.5, 0.6) is 0 Å². The minimum Gasteiger partial charge on any atom is -0.475 e. The summed E-state index contributed by atoms with van der Waals surface area (Å²) in [4.78, 5) is 12.0. The van der Waals surface area contributed by atoms with Gasteiger partial charge in [-0.2, -0.15) is 0 Å². The number of carboxylic acid groups (broad SMARTS) is 1. The Kier molecular flexibility index (Phi) is 1.85. The Balaban J connectivity index is 2.19. The van der Waals surface area contributed by atoms with Gasteiger partial charge in [0, 0.05) is 10.4 Å². The molecule has 4 nitrogen and oxygen atoms in total. The van der Waals surface area contributed by atoms with Crippen LogP contribution in [0.3, 0.4) is 0 Å². The van der Waals surface area contributed by atoms with Crippen LogP contribution in [0.4, 0.5) is 5.00 Å². The SMILES string of the molecule is Nc1cc2c(s1)CCc1cc(C(=O)O)oc1-2. The van der Waals surface area contributed by atoms with Gasteiger partial charge >= 0.3 is 5.97 Å². The average molecular weight is 235 g/mol. The van der Waals surface area contributed by atoms with Crippen LogP contribution >= 0.6 is 11.3 Å². The Bertz CT molecular complexity index is 582. The van der Waals surface area contributed by atoms with E-state index in [2.05, 4.69) is 0 Å². The topological polar surface area (TPSA) is 76.5 Å². The Hall–Kier alpha value is -1.75. The smallest absolute Gasteiger partial charge is 0.371 e. The van der Waals surface area contributed by atoms with Gasteiger partial charge in [0.2, 0.25) is 5.76 Å². The van der Waals surface area contributed by atoms with Crippen molar-refractivity contribution in [2.45, 2.75) is 12.8 Å². The second kappa shape index (κ2) is 3.12. The van der Waals surface area contributed by atoms with E-state index in [1.165, 1.54) is 4.88 Å². The first kappa shape index (κ1) is 9.47. The molecule has 0 radical (unpaired) electrons. The van der Waals surface area contributed by atoms with E-state index >= 15 is 0 Å². The predicted molar refractivity (Wildman–Crippen MR) is 60.8 cm³/mol. The number of carboxylic acids is 1. The first-order chi connectivity index (χ1) is 7.65. The van der Waals surface area contributed by atoms with E-state index in [1.54, 1.807) is 17.4 Å². The van der Waals surface area contributed by atoms with Crippen molar-refractivity contribution in [3.63, 3.8) is 0 Å². The van der Waals surface area contributed by atoms with Crippen LogP contribution < -0.4 is 5.73 Å². The predicted octanol–water partition coefficient (Wildman–Crippen LogP) is 2.39. The number of anilines is 1. The van der Waals surface area contributed by atoms with Crippen molar-refractivity contribution in [1.82, 2.24) is 0 Å². The zero-order valence-electron chi connectivity index (χ0n) is 8.32. The normalized spacial score (nSPS) is 13.2. The third kappa shape index (κ3) is 1.25. The molecule has 0 unspecified atom stereocenters. The molecule has 16 heavy (non-hydrogen) atoms. The van der Waals surface area contributed by atoms with E-state index in [0.29, 0.717) is 5.76 Å². The molecular weight excluding hydrogens is 226 g/mol. The van der Waals surface area contributed by atoms with Crippen LogP contribution in [0.25, 0.3) is 11.3 Å². The number of hydrogen-bond donors (Lipinski definition) is 2. The molecule has 0 fully saturated rings. The summed E-state index contributed by atoms with van der Waals surface area (Å²) in [6.45, 7) is 0. The number of rotatable bonds is 1. The zero-order chi connectivity index (χ0) is 11.3. The molecule has 0 atom stereocenters. The van der Waals surface area contributed by atoms with Crippen molar-refractivity contribution in [3.05, 3.63) is 28.3 Å². The summed E-state index contributed by atoms with van der Waals surface area (Å²) < 4.78 is 5.36. The highest BCUT2D eigenvalue weighted by Gasteiger charge is 2.24. The van der Waals surface area contributed by atoms with Crippen molar-refractivity contribution >= 4 is 22.3 Å². The summed E-state index contributed by atoms with van der Waals surface area (Å²) in [6, 6.07) is 3.46. The van der Waals surface area contributed by atoms with Crippen molar-refractivity contribution in [2.75, 3.05) is 5.73 Å². The van der Waals surface area contributed by atoms with Crippen molar-refractivity contribution in [3.8, 4) is 11.3 Å². The van der Waals surface area contributed by atoms with E-state index in [1.807, 2.05) is 6.07 Å². The van der Waals surface area contributed by atoms with Gasteiger partial charge in [-0.15, -0.1) is 11.3 Å². The van der Waals surface area contributed by atoms with Gasteiger partial charge in [-0.3, -0.25) is 0 Å². The van der Waals surface area contributed by atoms with Crippen molar-refractivity contribution in [2.24, 2.45) is 0 Å². The van der Waals surface area contributed by atoms with Gasteiger partial charge in [0.15, 0.2) is 0 Å². The summed E-state index contributed by atoms with van der Waals surface area (Å²) in [6.07, 6.45) is 1.72. The van der Waals surface area contributed by atoms with Crippen molar-refractivity contribution < 1.29 is 14.3 Å². The number of carbonyl (C=O) groups is 1. The molecule has 2 heterocycles. The highest BCUT2D eigenvalue weighted by Crippen LogP contribution is 2.41. The van der Waals surface area contributed by atoms with E-state index in [4.69, 9.17) is 15.3 Å². The molecule has 0 saturated carbocycles. The van der Waals surface area contributed by atoms with Crippen LogP contribution in [-0.2, 0) is 12.8 Å².